The molecule has 2 aromatic rings. The molecule has 0 aromatic heterocycles. The standard InChI is InChI=1S/C14H6F6/c15-9-3-7(4-10(16)13(9)19)1-2-8-5-11(17)14(20)12(18)6-8/h1-6H/b2-1-. The Hall–Kier alpha value is -2.24. The fourth-order valence-corrected chi connectivity index (χ4v) is 1.54. The summed E-state index contributed by atoms with van der Waals surface area (Å²) in [6.45, 7) is 0. The smallest absolute Gasteiger partial charge is 0.194 e. The molecule has 0 saturated carbocycles. The Balaban J connectivity index is 2.35. The Morgan fingerprint density at radius 2 is 0.750 bits per heavy atom. The summed E-state index contributed by atoms with van der Waals surface area (Å²) in [6.07, 6.45) is 2.22. The van der Waals surface area contributed by atoms with Crippen molar-refractivity contribution in [2.75, 3.05) is 0 Å². The Kier molecular flexibility index (Phi) is 3.83. The molecule has 0 N–H and O–H groups in total. The number of rotatable bonds is 2. The van der Waals surface area contributed by atoms with E-state index in [0.717, 1.165) is 12.2 Å². The summed E-state index contributed by atoms with van der Waals surface area (Å²) in [5.74, 6) is -8.77. The van der Waals surface area contributed by atoms with E-state index >= 15 is 0 Å². The average Bonchev–Trinajstić information content (AvgIpc) is 2.39. The lowest BCUT2D eigenvalue weighted by Gasteiger charge is -2.00. The SMILES string of the molecule is Fc1cc(/C=C\c2cc(F)c(F)c(F)c2)cc(F)c1F. The van der Waals surface area contributed by atoms with Crippen molar-refractivity contribution in [3.63, 3.8) is 0 Å². The number of hydrogen-bond acceptors (Lipinski definition) is 0. The maximum absolute atomic E-state index is 12.9. The van der Waals surface area contributed by atoms with E-state index in [1.807, 2.05) is 0 Å². The summed E-state index contributed by atoms with van der Waals surface area (Å²) in [7, 11) is 0. The predicted octanol–water partition coefficient (Wildman–Crippen LogP) is 4.69. The molecule has 0 heterocycles. The average molecular weight is 288 g/mol. The molecule has 0 aliphatic heterocycles. The van der Waals surface area contributed by atoms with Gasteiger partial charge in [0.05, 0.1) is 0 Å². The van der Waals surface area contributed by atoms with E-state index in [2.05, 4.69) is 0 Å². The minimum absolute atomic E-state index is 0.0495. The first kappa shape index (κ1) is 14.2. The molecule has 0 aliphatic rings. The van der Waals surface area contributed by atoms with E-state index in [9.17, 15) is 26.3 Å². The molecule has 6 heteroatoms. The monoisotopic (exact) mass is 288 g/mol. The first-order valence-corrected chi connectivity index (χ1v) is 5.35. The van der Waals surface area contributed by atoms with Crippen LogP contribution in [0.3, 0.4) is 0 Å². The first-order chi connectivity index (χ1) is 9.38. The van der Waals surface area contributed by atoms with Gasteiger partial charge in [-0.2, -0.15) is 0 Å². The van der Waals surface area contributed by atoms with Crippen LogP contribution in [-0.2, 0) is 0 Å². The van der Waals surface area contributed by atoms with Gasteiger partial charge in [0.15, 0.2) is 34.9 Å². The molecule has 0 bridgehead atoms. The summed E-state index contributed by atoms with van der Waals surface area (Å²) in [4.78, 5) is 0. The zero-order valence-electron chi connectivity index (χ0n) is 9.73. The lowest BCUT2D eigenvalue weighted by molar-refractivity contribution is 0.446. The molecule has 0 spiro atoms. The van der Waals surface area contributed by atoms with E-state index in [4.69, 9.17) is 0 Å². The van der Waals surface area contributed by atoms with Crippen LogP contribution in [0.2, 0.25) is 0 Å². The van der Waals surface area contributed by atoms with Gasteiger partial charge in [-0.1, -0.05) is 12.2 Å². The second-order valence-corrected chi connectivity index (χ2v) is 3.93. The Bertz CT molecular complexity index is 585. The Morgan fingerprint density at radius 1 is 0.500 bits per heavy atom. The summed E-state index contributed by atoms with van der Waals surface area (Å²) < 4.78 is 77.1. The van der Waals surface area contributed by atoms with Crippen molar-refractivity contribution in [1.29, 1.82) is 0 Å². The van der Waals surface area contributed by atoms with E-state index in [1.54, 1.807) is 0 Å². The minimum Gasteiger partial charge on any atom is -0.204 e. The van der Waals surface area contributed by atoms with Gasteiger partial charge in [0.25, 0.3) is 0 Å². The zero-order valence-corrected chi connectivity index (χ0v) is 9.73. The van der Waals surface area contributed by atoms with Gasteiger partial charge in [0.1, 0.15) is 0 Å². The van der Waals surface area contributed by atoms with Crippen LogP contribution < -0.4 is 0 Å². The summed E-state index contributed by atoms with van der Waals surface area (Å²) in [5, 5.41) is 0. The van der Waals surface area contributed by atoms with Gasteiger partial charge in [-0.3, -0.25) is 0 Å². The van der Waals surface area contributed by atoms with Crippen molar-refractivity contribution in [2.24, 2.45) is 0 Å². The maximum Gasteiger partial charge on any atom is 0.194 e. The Morgan fingerprint density at radius 3 is 1.00 bits per heavy atom. The van der Waals surface area contributed by atoms with Gasteiger partial charge in [-0.15, -0.1) is 0 Å². The molecule has 20 heavy (non-hydrogen) atoms. The molecule has 0 aliphatic carbocycles. The second-order valence-electron chi connectivity index (χ2n) is 3.93. The zero-order chi connectivity index (χ0) is 14.9. The highest BCUT2D eigenvalue weighted by molar-refractivity contribution is 5.69. The van der Waals surface area contributed by atoms with Crippen LogP contribution in [0, 0.1) is 34.9 Å². The molecule has 0 radical (unpaired) electrons. The van der Waals surface area contributed by atoms with Gasteiger partial charge < -0.3 is 0 Å². The summed E-state index contributed by atoms with van der Waals surface area (Å²) in [6, 6.07) is 2.85. The van der Waals surface area contributed by atoms with Crippen LogP contribution in [0.1, 0.15) is 11.1 Å². The lowest BCUT2D eigenvalue weighted by atomic mass is 10.1. The third-order valence-electron chi connectivity index (χ3n) is 2.48. The largest absolute Gasteiger partial charge is 0.204 e. The van der Waals surface area contributed by atoms with Crippen LogP contribution in [0.4, 0.5) is 26.3 Å². The van der Waals surface area contributed by atoms with Crippen LogP contribution in [0.15, 0.2) is 24.3 Å². The molecule has 0 atom stereocenters. The number of hydrogen-bond donors (Lipinski definition) is 0. The lowest BCUT2D eigenvalue weighted by Crippen LogP contribution is -1.92. The van der Waals surface area contributed by atoms with Gasteiger partial charge in [0, 0.05) is 0 Å². The van der Waals surface area contributed by atoms with Crippen molar-refractivity contribution in [3.8, 4) is 0 Å². The molecular formula is C14H6F6. The van der Waals surface area contributed by atoms with Gasteiger partial charge in [-0.05, 0) is 35.4 Å². The highest BCUT2D eigenvalue weighted by atomic mass is 19.2. The van der Waals surface area contributed by atoms with Crippen LogP contribution in [-0.4, -0.2) is 0 Å². The van der Waals surface area contributed by atoms with Crippen LogP contribution in [0.5, 0.6) is 0 Å². The predicted molar refractivity (Wildman–Crippen MR) is 61.6 cm³/mol. The number of halogens is 6. The van der Waals surface area contributed by atoms with E-state index in [-0.39, 0.29) is 11.1 Å². The minimum atomic E-state index is -1.61. The molecule has 0 fully saturated rings. The highest BCUT2D eigenvalue weighted by Gasteiger charge is 2.10. The van der Waals surface area contributed by atoms with E-state index in [0.29, 0.717) is 24.3 Å². The van der Waals surface area contributed by atoms with Crippen molar-refractivity contribution in [2.45, 2.75) is 0 Å². The normalized spacial score (nSPS) is 11.3. The van der Waals surface area contributed by atoms with Crippen LogP contribution >= 0.6 is 0 Å². The van der Waals surface area contributed by atoms with Gasteiger partial charge in [-0.25, -0.2) is 26.3 Å². The fraction of sp³-hybridized carbons (Fsp3) is 0. The van der Waals surface area contributed by atoms with Crippen molar-refractivity contribution in [3.05, 3.63) is 70.3 Å². The van der Waals surface area contributed by atoms with E-state index < -0.39 is 34.9 Å². The van der Waals surface area contributed by atoms with Crippen molar-refractivity contribution < 1.29 is 26.3 Å². The molecule has 2 rings (SSSR count). The summed E-state index contributed by atoms with van der Waals surface area (Å²) >= 11 is 0. The molecule has 0 amide bonds. The van der Waals surface area contributed by atoms with Gasteiger partial charge >= 0.3 is 0 Å². The topological polar surface area (TPSA) is 0 Å². The molecule has 0 nitrogen and oxygen atoms in total. The van der Waals surface area contributed by atoms with Crippen molar-refractivity contribution in [1.82, 2.24) is 0 Å². The Labute approximate surface area is 110 Å². The third kappa shape index (κ3) is 2.84. The molecular weight excluding hydrogens is 282 g/mol. The van der Waals surface area contributed by atoms with Gasteiger partial charge in [0.2, 0.25) is 0 Å². The quantitative estimate of drug-likeness (QED) is 0.427. The van der Waals surface area contributed by atoms with E-state index in [1.165, 1.54) is 0 Å². The molecule has 104 valence electrons. The molecule has 2 aromatic carbocycles. The maximum atomic E-state index is 12.9. The molecule has 0 unspecified atom stereocenters. The van der Waals surface area contributed by atoms with Crippen molar-refractivity contribution >= 4 is 12.2 Å². The molecule has 0 saturated heterocycles. The second kappa shape index (κ2) is 5.40. The summed E-state index contributed by atoms with van der Waals surface area (Å²) in [5.41, 5.74) is -0.0990. The highest BCUT2D eigenvalue weighted by Crippen LogP contribution is 2.18. The first-order valence-electron chi connectivity index (χ1n) is 5.35. The fourth-order valence-electron chi connectivity index (χ4n) is 1.54. The number of benzene rings is 2. The third-order valence-corrected chi connectivity index (χ3v) is 2.48. The van der Waals surface area contributed by atoms with Crippen LogP contribution in [0.25, 0.3) is 12.2 Å².